The molecule has 0 unspecified atom stereocenters. The highest BCUT2D eigenvalue weighted by Gasteiger charge is 2.22. The quantitative estimate of drug-likeness (QED) is 0.448. The molecule has 8 nitrogen and oxygen atoms in total. The zero-order chi connectivity index (χ0) is 21.5. The molecule has 1 saturated heterocycles. The molecule has 0 saturated carbocycles. The molecule has 0 spiro atoms. The highest BCUT2D eigenvalue weighted by Crippen LogP contribution is 2.17. The maximum absolute atomic E-state index is 13.1. The summed E-state index contributed by atoms with van der Waals surface area (Å²) in [6.07, 6.45) is 4.46. The number of hydrogen-bond donors (Lipinski definition) is 1. The molecule has 2 aromatic carbocycles. The Kier molecular flexibility index (Phi) is 6.79. The van der Waals surface area contributed by atoms with E-state index in [0.29, 0.717) is 30.0 Å². The van der Waals surface area contributed by atoms with E-state index >= 15 is 0 Å². The number of piperidine rings is 1. The number of nitrogens with one attached hydrogen (secondary N) is 1. The molecule has 0 atom stereocenters. The van der Waals surface area contributed by atoms with Crippen LogP contribution in [0.25, 0.3) is 6.08 Å². The summed E-state index contributed by atoms with van der Waals surface area (Å²) >= 11 is 0. The van der Waals surface area contributed by atoms with Crippen molar-refractivity contribution in [2.45, 2.75) is 19.3 Å². The lowest BCUT2D eigenvalue weighted by molar-refractivity contribution is -0.384. The third kappa shape index (κ3) is 5.22. The molecular formula is C22H23N3O5. The maximum atomic E-state index is 13.1. The van der Waals surface area contributed by atoms with Crippen LogP contribution in [-0.2, 0) is 4.79 Å². The van der Waals surface area contributed by atoms with Crippen molar-refractivity contribution in [1.82, 2.24) is 10.2 Å². The number of nitrogens with zero attached hydrogens (tertiary/aromatic N) is 2. The second kappa shape index (κ2) is 9.69. The van der Waals surface area contributed by atoms with Crippen LogP contribution >= 0.6 is 0 Å². The Morgan fingerprint density at radius 3 is 2.23 bits per heavy atom. The molecule has 0 radical (unpaired) electrons. The highest BCUT2D eigenvalue weighted by atomic mass is 16.6. The first-order chi connectivity index (χ1) is 14.5. The molecule has 0 aromatic heterocycles. The van der Waals surface area contributed by atoms with Gasteiger partial charge < -0.3 is 15.0 Å². The first-order valence-corrected chi connectivity index (χ1v) is 9.69. The van der Waals surface area contributed by atoms with Crippen LogP contribution in [0.5, 0.6) is 5.75 Å². The monoisotopic (exact) mass is 409 g/mol. The molecule has 0 aliphatic carbocycles. The van der Waals surface area contributed by atoms with Gasteiger partial charge in [-0.25, -0.2) is 0 Å². The fourth-order valence-corrected chi connectivity index (χ4v) is 3.21. The predicted octanol–water partition coefficient (Wildman–Crippen LogP) is 3.39. The van der Waals surface area contributed by atoms with Crippen molar-refractivity contribution < 1.29 is 19.2 Å². The second-order valence-corrected chi connectivity index (χ2v) is 6.94. The smallest absolute Gasteiger partial charge is 0.270 e. The number of non-ortho nitro benzene ring substituents is 1. The molecule has 1 aliphatic heterocycles. The van der Waals surface area contributed by atoms with Gasteiger partial charge in [-0.15, -0.1) is 0 Å². The summed E-state index contributed by atoms with van der Waals surface area (Å²) < 4.78 is 5.10. The van der Waals surface area contributed by atoms with Gasteiger partial charge in [0.1, 0.15) is 11.4 Å². The van der Waals surface area contributed by atoms with E-state index in [1.165, 1.54) is 19.2 Å². The number of ether oxygens (including phenoxy) is 1. The summed E-state index contributed by atoms with van der Waals surface area (Å²) in [7, 11) is 1.54. The van der Waals surface area contributed by atoms with Crippen molar-refractivity contribution >= 4 is 23.6 Å². The van der Waals surface area contributed by atoms with Crippen molar-refractivity contribution in [2.24, 2.45) is 0 Å². The van der Waals surface area contributed by atoms with Gasteiger partial charge in [0.05, 0.1) is 12.0 Å². The van der Waals surface area contributed by atoms with Gasteiger partial charge in [0.2, 0.25) is 0 Å². The van der Waals surface area contributed by atoms with E-state index in [-0.39, 0.29) is 17.3 Å². The molecular weight excluding hydrogens is 386 g/mol. The minimum absolute atomic E-state index is 0.0432. The Bertz CT molecular complexity index is 946. The molecule has 8 heteroatoms. The third-order valence-corrected chi connectivity index (χ3v) is 4.89. The average Bonchev–Trinajstić information content (AvgIpc) is 2.79. The van der Waals surface area contributed by atoms with Crippen molar-refractivity contribution in [2.75, 3.05) is 20.2 Å². The van der Waals surface area contributed by atoms with E-state index in [1.54, 1.807) is 47.4 Å². The second-order valence-electron chi connectivity index (χ2n) is 6.94. The fraction of sp³-hybridized carbons (Fsp3) is 0.273. The summed E-state index contributed by atoms with van der Waals surface area (Å²) in [4.78, 5) is 37.9. The predicted molar refractivity (Wildman–Crippen MR) is 112 cm³/mol. The number of likely N-dealkylation sites (tertiary alicyclic amines) is 1. The van der Waals surface area contributed by atoms with E-state index in [1.807, 2.05) is 0 Å². The summed E-state index contributed by atoms with van der Waals surface area (Å²) in [5.41, 5.74) is 1.05. The SMILES string of the molecule is COc1ccc(C(=O)N/C(=C\c2ccc([N+](=O)[O-])cc2)C(=O)N2CCCCC2)cc1. The lowest BCUT2D eigenvalue weighted by atomic mass is 10.1. The fourth-order valence-electron chi connectivity index (χ4n) is 3.21. The number of hydrogen-bond acceptors (Lipinski definition) is 5. The zero-order valence-corrected chi connectivity index (χ0v) is 16.7. The van der Waals surface area contributed by atoms with Crippen molar-refractivity contribution in [3.05, 3.63) is 75.5 Å². The van der Waals surface area contributed by atoms with Gasteiger partial charge in [-0.2, -0.15) is 0 Å². The van der Waals surface area contributed by atoms with Gasteiger partial charge in [-0.3, -0.25) is 19.7 Å². The topological polar surface area (TPSA) is 102 Å². The van der Waals surface area contributed by atoms with Crippen molar-refractivity contribution in [3.8, 4) is 5.75 Å². The number of nitro groups is 1. The lowest BCUT2D eigenvalue weighted by Crippen LogP contribution is -2.41. The Balaban J connectivity index is 1.86. The van der Waals surface area contributed by atoms with Crippen molar-refractivity contribution in [3.63, 3.8) is 0 Å². The molecule has 1 heterocycles. The summed E-state index contributed by atoms with van der Waals surface area (Å²) in [6, 6.07) is 12.4. The van der Waals surface area contributed by atoms with Gasteiger partial charge in [-0.1, -0.05) is 0 Å². The summed E-state index contributed by atoms with van der Waals surface area (Å²) in [5, 5.41) is 13.6. The maximum Gasteiger partial charge on any atom is 0.270 e. The van der Waals surface area contributed by atoms with Crippen LogP contribution in [0.2, 0.25) is 0 Å². The third-order valence-electron chi connectivity index (χ3n) is 4.89. The van der Waals surface area contributed by atoms with Crippen LogP contribution in [0, 0.1) is 10.1 Å². The first-order valence-electron chi connectivity index (χ1n) is 9.69. The largest absolute Gasteiger partial charge is 0.497 e. The Morgan fingerprint density at radius 2 is 1.67 bits per heavy atom. The van der Waals surface area contributed by atoms with Crippen LogP contribution in [0.3, 0.4) is 0 Å². The Morgan fingerprint density at radius 1 is 1.03 bits per heavy atom. The van der Waals surface area contributed by atoms with Crippen LogP contribution in [0.1, 0.15) is 35.2 Å². The van der Waals surface area contributed by atoms with Crippen molar-refractivity contribution in [1.29, 1.82) is 0 Å². The van der Waals surface area contributed by atoms with Crippen LogP contribution in [0.4, 0.5) is 5.69 Å². The molecule has 156 valence electrons. The average molecular weight is 409 g/mol. The number of amides is 2. The number of benzene rings is 2. The number of rotatable bonds is 6. The lowest BCUT2D eigenvalue weighted by Gasteiger charge is -2.27. The number of carbonyl (C=O) groups is 2. The molecule has 3 rings (SSSR count). The number of methoxy groups -OCH3 is 1. The van der Waals surface area contributed by atoms with E-state index in [9.17, 15) is 19.7 Å². The minimum atomic E-state index is -0.487. The van der Waals surface area contributed by atoms with Gasteiger partial charge in [-0.05, 0) is 67.3 Å². The van der Waals surface area contributed by atoms with Crippen LogP contribution in [0.15, 0.2) is 54.2 Å². The molecule has 2 amide bonds. The van der Waals surface area contributed by atoms with Crippen LogP contribution < -0.4 is 10.1 Å². The Hall–Kier alpha value is -3.68. The molecule has 1 aliphatic rings. The van der Waals surface area contributed by atoms with Gasteiger partial charge in [0.15, 0.2) is 0 Å². The van der Waals surface area contributed by atoms with E-state index < -0.39 is 10.8 Å². The highest BCUT2D eigenvalue weighted by molar-refractivity contribution is 6.05. The molecule has 1 fully saturated rings. The summed E-state index contributed by atoms with van der Waals surface area (Å²) in [6.45, 7) is 1.27. The first kappa shape index (κ1) is 21.0. The number of carbonyl (C=O) groups excluding carboxylic acids is 2. The molecule has 1 N–H and O–H groups in total. The van der Waals surface area contributed by atoms with Crippen LogP contribution in [-0.4, -0.2) is 41.8 Å². The summed E-state index contributed by atoms with van der Waals surface area (Å²) in [5.74, 6) is -0.0660. The normalized spacial score (nSPS) is 14.2. The van der Waals surface area contributed by atoms with Gasteiger partial charge in [0.25, 0.3) is 17.5 Å². The Labute approximate surface area is 174 Å². The van der Waals surface area contributed by atoms with E-state index in [2.05, 4.69) is 5.32 Å². The number of nitro benzene ring substituents is 1. The molecule has 30 heavy (non-hydrogen) atoms. The zero-order valence-electron chi connectivity index (χ0n) is 16.7. The van der Waals surface area contributed by atoms with Gasteiger partial charge >= 0.3 is 0 Å². The van der Waals surface area contributed by atoms with E-state index in [0.717, 1.165) is 19.3 Å². The molecule has 0 bridgehead atoms. The van der Waals surface area contributed by atoms with Gasteiger partial charge in [0, 0.05) is 30.8 Å². The van der Waals surface area contributed by atoms with E-state index in [4.69, 9.17) is 4.74 Å². The molecule has 2 aromatic rings. The standard InChI is InChI=1S/C22H23N3O5/c1-30-19-11-7-17(8-12-19)21(26)23-20(22(27)24-13-3-2-4-14-24)15-16-5-9-18(10-6-16)25(28)29/h5-12,15H,2-4,13-14H2,1H3,(H,23,26)/b20-15-. The minimum Gasteiger partial charge on any atom is -0.497 e.